The fourth-order valence-electron chi connectivity index (χ4n) is 4.34. The van der Waals surface area contributed by atoms with E-state index < -0.39 is 17.4 Å². The number of nitrogens with zero attached hydrogens (tertiary/aromatic N) is 2. The van der Waals surface area contributed by atoms with Gasteiger partial charge in [0.2, 0.25) is 0 Å². The first-order valence-corrected chi connectivity index (χ1v) is 9.88. The zero-order valence-electron chi connectivity index (χ0n) is 16.4. The number of aromatic hydroxyl groups is 2. The van der Waals surface area contributed by atoms with Crippen LogP contribution in [0.4, 0.5) is 5.69 Å². The summed E-state index contributed by atoms with van der Waals surface area (Å²) in [7, 11) is 0. The van der Waals surface area contributed by atoms with Crippen molar-refractivity contribution in [2.45, 2.75) is 24.6 Å². The minimum absolute atomic E-state index is 0.0171. The average Bonchev–Trinajstić information content (AvgIpc) is 3.34. The topological polar surface area (TPSA) is 105 Å². The number of phenolic OH excluding ortho intramolecular Hbond substituents is 2. The highest BCUT2D eigenvalue weighted by molar-refractivity contribution is 5.37. The number of fused-ring (bicyclic) bond motifs is 1. The zero-order chi connectivity index (χ0) is 21.5. The van der Waals surface area contributed by atoms with Crippen molar-refractivity contribution in [2.24, 2.45) is 0 Å². The van der Waals surface area contributed by atoms with Gasteiger partial charge in [-0.25, -0.2) is 4.90 Å². The molecule has 0 aliphatic carbocycles. The van der Waals surface area contributed by atoms with E-state index in [1.165, 1.54) is 12.1 Å². The lowest BCUT2D eigenvalue weighted by Crippen LogP contribution is -2.31. The molecular weight excluding hydrogens is 400 g/mol. The molecule has 0 saturated carbocycles. The van der Waals surface area contributed by atoms with Gasteiger partial charge in [-0.2, -0.15) is 0 Å². The number of nitro groups is 1. The second kappa shape index (κ2) is 7.66. The van der Waals surface area contributed by atoms with E-state index in [-0.39, 0.29) is 29.3 Å². The lowest BCUT2D eigenvalue weighted by Gasteiger charge is -2.28. The van der Waals surface area contributed by atoms with Gasteiger partial charge in [0.1, 0.15) is 30.1 Å². The van der Waals surface area contributed by atoms with Gasteiger partial charge in [0.05, 0.1) is 17.6 Å². The largest absolute Gasteiger partial charge is 0.508 e. The Kier molecular flexibility index (Phi) is 4.82. The quantitative estimate of drug-likeness (QED) is 0.482. The summed E-state index contributed by atoms with van der Waals surface area (Å²) in [6, 6.07) is 20.0. The van der Waals surface area contributed by atoms with E-state index in [0.29, 0.717) is 6.61 Å². The molecule has 4 atom stereocenters. The van der Waals surface area contributed by atoms with Crippen LogP contribution in [-0.2, 0) is 9.47 Å². The normalized spacial score (nSPS) is 25.4. The predicted octanol–water partition coefficient (Wildman–Crippen LogP) is 4.18. The number of hydrogen-bond acceptors (Lipinski definition) is 7. The highest BCUT2D eigenvalue weighted by Crippen LogP contribution is 2.51. The Bertz CT molecular complexity index is 1120. The molecule has 0 aromatic heterocycles. The maximum atomic E-state index is 11.0. The molecule has 2 N–H and O–H groups in total. The summed E-state index contributed by atoms with van der Waals surface area (Å²) in [4.78, 5) is 12.7. The van der Waals surface area contributed by atoms with Crippen LogP contribution in [0.1, 0.15) is 35.3 Å². The van der Waals surface area contributed by atoms with Crippen LogP contribution in [-0.4, -0.2) is 32.7 Å². The van der Waals surface area contributed by atoms with Gasteiger partial charge in [0.25, 0.3) is 5.69 Å². The fraction of sp³-hybridized carbons (Fsp3) is 0.217. The third-order valence-electron chi connectivity index (χ3n) is 5.72. The Labute approximate surface area is 178 Å². The van der Waals surface area contributed by atoms with Gasteiger partial charge >= 0.3 is 0 Å². The molecule has 8 heteroatoms. The molecule has 2 aliphatic rings. The summed E-state index contributed by atoms with van der Waals surface area (Å²) < 4.78 is 12.6. The summed E-state index contributed by atoms with van der Waals surface area (Å²) in [5.41, 5.74) is 2.39. The molecule has 0 amide bonds. The molecule has 31 heavy (non-hydrogen) atoms. The molecule has 5 rings (SSSR count). The highest BCUT2D eigenvalue weighted by Gasteiger charge is 2.51. The van der Waals surface area contributed by atoms with Crippen molar-refractivity contribution in [3.05, 3.63) is 99.6 Å². The van der Waals surface area contributed by atoms with Gasteiger partial charge in [0, 0.05) is 12.1 Å². The minimum atomic E-state index is -0.507. The van der Waals surface area contributed by atoms with Crippen molar-refractivity contribution in [3.8, 4) is 11.5 Å². The number of hydrogen-bond donors (Lipinski definition) is 2. The zero-order valence-corrected chi connectivity index (χ0v) is 16.4. The molecule has 0 spiro atoms. The van der Waals surface area contributed by atoms with Crippen molar-refractivity contribution < 1.29 is 24.6 Å². The Morgan fingerprint density at radius 2 is 1.48 bits per heavy atom. The van der Waals surface area contributed by atoms with Crippen molar-refractivity contribution in [1.82, 2.24) is 4.90 Å². The van der Waals surface area contributed by atoms with Crippen LogP contribution < -0.4 is 0 Å². The summed E-state index contributed by atoms with van der Waals surface area (Å²) in [5, 5.41) is 31.0. The van der Waals surface area contributed by atoms with E-state index >= 15 is 0 Å². The third kappa shape index (κ3) is 3.50. The van der Waals surface area contributed by atoms with Gasteiger partial charge in [0.15, 0.2) is 0 Å². The lowest BCUT2D eigenvalue weighted by atomic mass is 10.0. The SMILES string of the molecule is O=[N+]([O-])c1ccc([C@@H]2O[C@H](c3cccc(O)c3)N3[C@H](c4cccc(O)c4)OC[C@@H]23)cc1. The van der Waals surface area contributed by atoms with E-state index in [2.05, 4.69) is 4.90 Å². The van der Waals surface area contributed by atoms with E-state index in [0.717, 1.165) is 16.7 Å². The van der Waals surface area contributed by atoms with Gasteiger partial charge in [-0.15, -0.1) is 0 Å². The monoisotopic (exact) mass is 420 g/mol. The number of rotatable bonds is 4. The molecule has 8 nitrogen and oxygen atoms in total. The van der Waals surface area contributed by atoms with Gasteiger partial charge in [-0.1, -0.05) is 24.3 Å². The van der Waals surface area contributed by atoms with Crippen LogP contribution in [0.15, 0.2) is 72.8 Å². The second-order valence-corrected chi connectivity index (χ2v) is 7.65. The van der Waals surface area contributed by atoms with Crippen LogP contribution >= 0.6 is 0 Å². The summed E-state index contributed by atoms with van der Waals surface area (Å²) in [6.07, 6.45) is -1.34. The second-order valence-electron chi connectivity index (χ2n) is 7.65. The van der Waals surface area contributed by atoms with Gasteiger partial charge < -0.3 is 19.7 Å². The van der Waals surface area contributed by atoms with E-state index in [4.69, 9.17) is 9.47 Å². The summed E-state index contributed by atoms with van der Waals surface area (Å²) in [5.74, 6) is 0.274. The number of ether oxygens (including phenoxy) is 2. The Morgan fingerprint density at radius 1 is 0.871 bits per heavy atom. The maximum absolute atomic E-state index is 11.0. The third-order valence-corrected chi connectivity index (χ3v) is 5.72. The number of nitro benzene ring substituents is 1. The first-order chi connectivity index (χ1) is 15.0. The van der Waals surface area contributed by atoms with Crippen molar-refractivity contribution in [2.75, 3.05) is 6.61 Å². The van der Waals surface area contributed by atoms with E-state index in [9.17, 15) is 20.3 Å². The van der Waals surface area contributed by atoms with Crippen LogP contribution in [0.3, 0.4) is 0 Å². The highest BCUT2D eigenvalue weighted by atomic mass is 16.6. The molecule has 2 saturated heterocycles. The summed E-state index contributed by atoms with van der Waals surface area (Å²) in [6.45, 7) is 0.386. The van der Waals surface area contributed by atoms with Crippen LogP contribution in [0, 0.1) is 10.1 Å². The minimum Gasteiger partial charge on any atom is -0.508 e. The first kappa shape index (κ1) is 19.5. The molecular formula is C23H20N2O6. The van der Waals surface area contributed by atoms with Crippen molar-refractivity contribution >= 4 is 5.69 Å². The molecule has 0 unspecified atom stereocenters. The van der Waals surface area contributed by atoms with E-state index in [1.54, 1.807) is 48.5 Å². The number of non-ortho nitro benzene ring substituents is 1. The fourth-order valence-corrected chi connectivity index (χ4v) is 4.34. The number of phenols is 2. The lowest BCUT2D eigenvalue weighted by molar-refractivity contribution is -0.384. The Hall–Kier alpha value is -3.46. The predicted molar refractivity (Wildman–Crippen MR) is 110 cm³/mol. The molecule has 2 heterocycles. The molecule has 2 aliphatic heterocycles. The van der Waals surface area contributed by atoms with E-state index in [1.807, 2.05) is 12.1 Å². The maximum Gasteiger partial charge on any atom is 0.269 e. The van der Waals surface area contributed by atoms with Crippen LogP contribution in [0.2, 0.25) is 0 Å². The Balaban J connectivity index is 1.54. The molecule has 0 radical (unpaired) electrons. The first-order valence-electron chi connectivity index (χ1n) is 9.88. The Morgan fingerprint density at radius 3 is 2.06 bits per heavy atom. The molecule has 3 aromatic carbocycles. The average molecular weight is 420 g/mol. The molecule has 0 bridgehead atoms. The van der Waals surface area contributed by atoms with Gasteiger partial charge in [-0.3, -0.25) is 10.1 Å². The van der Waals surface area contributed by atoms with Crippen molar-refractivity contribution in [3.63, 3.8) is 0 Å². The molecule has 158 valence electrons. The standard InChI is InChI=1S/C23H20N2O6/c26-18-5-1-3-15(11-18)22-24-20(13-30-22)21(14-7-9-17(10-8-14)25(28)29)31-23(24)16-4-2-6-19(27)12-16/h1-12,20-23,26-27H,13H2/t20-,21-,22-,23+/m0/s1. The smallest absolute Gasteiger partial charge is 0.269 e. The van der Waals surface area contributed by atoms with Gasteiger partial charge in [-0.05, 0) is 53.1 Å². The van der Waals surface area contributed by atoms with Crippen LogP contribution in [0.5, 0.6) is 11.5 Å². The van der Waals surface area contributed by atoms with Crippen LogP contribution in [0.25, 0.3) is 0 Å². The summed E-state index contributed by atoms with van der Waals surface area (Å²) >= 11 is 0. The molecule has 3 aromatic rings. The molecule has 2 fully saturated rings. The number of benzene rings is 3. The van der Waals surface area contributed by atoms with Crippen molar-refractivity contribution in [1.29, 1.82) is 0 Å².